The average molecular weight is 426 g/mol. The molecule has 2 aromatic carbocycles. The topological polar surface area (TPSA) is 3.24 Å². The minimum atomic E-state index is -4.35. The number of alkyl halides is 3. The van der Waals surface area contributed by atoms with E-state index in [1.54, 1.807) is 12.1 Å². The number of likely N-dealkylation sites (tertiary alicyclic amines) is 1. The highest BCUT2D eigenvalue weighted by Crippen LogP contribution is 2.41. The minimum Gasteiger partial charge on any atom is -0.279 e. The van der Waals surface area contributed by atoms with Crippen molar-refractivity contribution >= 4 is 0 Å². The van der Waals surface area contributed by atoms with Crippen molar-refractivity contribution in [1.29, 1.82) is 0 Å². The van der Waals surface area contributed by atoms with Crippen molar-refractivity contribution in [2.24, 2.45) is 5.92 Å². The zero-order valence-corrected chi connectivity index (χ0v) is 18.5. The first kappa shape index (κ1) is 23.2. The van der Waals surface area contributed by atoms with Crippen molar-refractivity contribution in [1.82, 2.24) is 4.90 Å². The summed E-state index contributed by atoms with van der Waals surface area (Å²) in [7, 11) is 0. The van der Waals surface area contributed by atoms with E-state index >= 15 is 0 Å². The van der Waals surface area contributed by atoms with E-state index in [2.05, 4.69) is 61.4 Å². The molecule has 1 fully saturated rings. The lowest BCUT2D eigenvalue weighted by Gasteiger charge is -2.42. The number of benzene rings is 2. The molecule has 0 aromatic heterocycles. The Kier molecular flexibility index (Phi) is 7.28. The minimum absolute atomic E-state index is 0.172. The lowest BCUT2D eigenvalue weighted by atomic mass is 9.83. The highest BCUT2D eigenvalue weighted by Gasteiger charge is 2.34. The molecular formula is C27H30F3N. The monoisotopic (exact) mass is 425 g/mol. The van der Waals surface area contributed by atoms with Crippen molar-refractivity contribution in [2.45, 2.75) is 58.3 Å². The summed E-state index contributed by atoms with van der Waals surface area (Å²) in [6.07, 6.45) is -1.14. The van der Waals surface area contributed by atoms with Crippen LogP contribution in [-0.4, -0.2) is 11.4 Å². The number of halogens is 3. The van der Waals surface area contributed by atoms with Gasteiger partial charge < -0.3 is 0 Å². The maximum absolute atomic E-state index is 13.1. The van der Waals surface area contributed by atoms with E-state index in [0.717, 1.165) is 49.1 Å². The van der Waals surface area contributed by atoms with E-state index in [1.807, 2.05) is 6.92 Å². The number of rotatable bonds is 4. The Bertz CT molecular complexity index is 945. The summed E-state index contributed by atoms with van der Waals surface area (Å²) in [5, 5.41) is 0. The van der Waals surface area contributed by atoms with Gasteiger partial charge in [0, 0.05) is 12.6 Å². The molecule has 3 atom stereocenters. The molecule has 1 heterocycles. The third-order valence-electron chi connectivity index (χ3n) is 6.10. The maximum Gasteiger partial charge on any atom is 0.416 e. The molecule has 0 bridgehead atoms. The maximum atomic E-state index is 13.1. The number of hydrogen-bond donors (Lipinski definition) is 0. The summed E-state index contributed by atoms with van der Waals surface area (Å²) >= 11 is 0. The lowest BCUT2D eigenvalue weighted by molar-refractivity contribution is -0.137. The van der Waals surface area contributed by atoms with Gasteiger partial charge in [0.25, 0.3) is 0 Å². The normalized spacial score (nSPS) is 20.6. The Morgan fingerprint density at radius 1 is 1.13 bits per heavy atom. The molecule has 1 saturated heterocycles. The standard InChI is InChI=1S/C27H30F3N/c1-5-21-16-17-31(26(18-21)23-9-7-20(4)8-10-23)25(15-6-19(2)3)22-11-13-24(14-12-22)27(28,29)30/h7-14,21,25-26H,2,5,16-18H2,1,3-4H3/t21-,25-,26+/m1/s1. The predicted octanol–water partition coefficient (Wildman–Crippen LogP) is 7.50. The van der Waals surface area contributed by atoms with Crippen LogP contribution in [-0.2, 0) is 6.18 Å². The van der Waals surface area contributed by atoms with E-state index in [-0.39, 0.29) is 12.1 Å². The fourth-order valence-electron chi connectivity index (χ4n) is 4.26. The van der Waals surface area contributed by atoms with Gasteiger partial charge >= 0.3 is 6.18 Å². The Balaban J connectivity index is 2.02. The molecule has 1 nitrogen and oxygen atoms in total. The Hall–Kier alpha value is -2.51. The summed E-state index contributed by atoms with van der Waals surface area (Å²) in [6, 6.07) is 13.9. The van der Waals surface area contributed by atoms with Crippen molar-refractivity contribution in [2.75, 3.05) is 6.54 Å². The van der Waals surface area contributed by atoms with Crippen LogP contribution in [0.4, 0.5) is 13.2 Å². The Morgan fingerprint density at radius 2 is 1.77 bits per heavy atom. The van der Waals surface area contributed by atoms with Crippen LogP contribution >= 0.6 is 0 Å². The van der Waals surface area contributed by atoms with Gasteiger partial charge in [-0.05, 0) is 61.4 Å². The summed E-state index contributed by atoms with van der Waals surface area (Å²) in [5.74, 6) is 7.02. The van der Waals surface area contributed by atoms with Crippen molar-refractivity contribution in [3.05, 3.63) is 82.9 Å². The first-order valence-corrected chi connectivity index (χ1v) is 10.9. The van der Waals surface area contributed by atoms with Crippen LogP contribution in [0.1, 0.15) is 67.4 Å². The number of aryl methyl sites for hydroxylation is 1. The highest BCUT2D eigenvalue weighted by molar-refractivity contribution is 5.36. The molecule has 3 rings (SSSR count). The van der Waals surface area contributed by atoms with Crippen molar-refractivity contribution in [3.63, 3.8) is 0 Å². The fraction of sp³-hybridized carbons (Fsp3) is 0.407. The summed E-state index contributed by atoms with van der Waals surface area (Å²) < 4.78 is 39.2. The van der Waals surface area contributed by atoms with Crippen LogP contribution in [0.3, 0.4) is 0 Å². The first-order valence-electron chi connectivity index (χ1n) is 10.9. The third kappa shape index (κ3) is 5.80. The van der Waals surface area contributed by atoms with Crippen molar-refractivity contribution < 1.29 is 13.2 Å². The summed E-state index contributed by atoms with van der Waals surface area (Å²) in [5.41, 5.74) is 3.33. The van der Waals surface area contributed by atoms with E-state index in [1.165, 1.54) is 11.1 Å². The molecule has 164 valence electrons. The van der Waals surface area contributed by atoms with Crippen LogP contribution in [0, 0.1) is 24.7 Å². The SMILES string of the molecule is C=C(C)C#C[C@H](c1ccc(C(F)(F)F)cc1)N1CC[C@@H](CC)C[C@H]1c1ccc(C)cc1. The van der Waals surface area contributed by atoms with Gasteiger partial charge in [0.1, 0.15) is 0 Å². The van der Waals surface area contributed by atoms with E-state index in [9.17, 15) is 13.2 Å². The number of nitrogens with zero attached hydrogens (tertiary/aromatic N) is 1. The van der Waals surface area contributed by atoms with E-state index in [0.29, 0.717) is 5.92 Å². The molecule has 2 aromatic rings. The number of hydrogen-bond acceptors (Lipinski definition) is 1. The van der Waals surface area contributed by atoms with Gasteiger partial charge in [0.2, 0.25) is 0 Å². The highest BCUT2D eigenvalue weighted by atomic mass is 19.4. The first-order chi connectivity index (χ1) is 14.7. The quantitative estimate of drug-likeness (QED) is 0.459. The summed E-state index contributed by atoms with van der Waals surface area (Å²) in [4.78, 5) is 2.36. The molecule has 0 unspecified atom stereocenters. The molecule has 0 N–H and O–H groups in total. The molecule has 31 heavy (non-hydrogen) atoms. The Labute approximate surface area is 184 Å². The smallest absolute Gasteiger partial charge is 0.279 e. The second-order valence-corrected chi connectivity index (χ2v) is 8.53. The summed E-state index contributed by atoms with van der Waals surface area (Å²) in [6.45, 7) is 10.9. The molecule has 0 amide bonds. The van der Waals surface area contributed by atoms with E-state index < -0.39 is 11.7 Å². The van der Waals surface area contributed by atoms with Crippen LogP contribution < -0.4 is 0 Å². The Morgan fingerprint density at radius 3 is 2.32 bits per heavy atom. The van der Waals surface area contributed by atoms with Gasteiger partial charge in [-0.15, -0.1) is 0 Å². The molecule has 1 aliphatic heterocycles. The molecule has 0 aliphatic carbocycles. The largest absolute Gasteiger partial charge is 0.416 e. The molecule has 0 saturated carbocycles. The van der Waals surface area contributed by atoms with Gasteiger partial charge in [-0.1, -0.05) is 73.7 Å². The van der Waals surface area contributed by atoms with Crippen LogP contribution in [0.25, 0.3) is 0 Å². The molecule has 0 radical (unpaired) electrons. The van der Waals surface area contributed by atoms with Gasteiger partial charge in [0.15, 0.2) is 0 Å². The van der Waals surface area contributed by atoms with Crippen LogP contribution in [0.2, 0.25) is 0 Å². The zero-order valence-electron chi connectivity index (χ0n) is 18.5. The van der Waals surface area contributed by atoms with Gasteiger partial charge in [-0.25, -0.2) is 0 Å². The van der Waals surface area contributed by atoms with E-state index in [4.69, 9.17) is 0 Å². The molecule has 1 aliphatic rings. The zero-order chi connectivity index (χ0) is 22.6. The molecule has 0 spiro atoms. The third-order valence-corrected chi connectivity index (χ3v) is 6.10. The van der Waals surface area contributed by atoms with Gasteiger partial charge in [0.05, 0.1) is 11.6 Å². The molecule has 4 heteroatoms. The van der Waals surface area contributed by atoms with Crippen molar-refractivity contribution in [3.8, 4) is 11.8 Å². The van der Waals surface area contributed by atoms with Crippen LogP contribution in [0.15, 0.2) is 60.7 Å². The number of piperidine rings is 1. The van der Waals surface area contributed by atoms with Gasteiger partial charge in [-0.2, -0.15) is 13.2 Å². The second-order valence-electron chi connectivity index (χ2n) is 8.53. The predicted molar refractivity (Wildman–Crippen MR) is 120 cm³/mol. The fourth-order valence-corrected chi connectivity index (χ4v) is 4.26. The number of allylic oxidation sites excluding steroid dienone is 1. The van der Waals surface area contributed by atoms with Crippen LogP contribution in [0.5, 0.6) is 0 Å². The second kappa shape index (κ2) is 9.75. The molecular weight excluding hydrogens is 395 g/mol. The average Bonchev–Trinajstić information content (AvgIpc) is 2.74. The van der Waals surface area contributed by atoms with Gasteiger partial charge in [-0.3, -0.25) is 4.90 Å². The lowest BCUT2D eigenvalue weighted by Crippen LogP contribution is -2.39.